The van der Waals surface area contributed by atoms with Gasteiger partial charge in [-0.05, 0) is 87.9 Å². The van der Waals surface area contributed by atoms with E-state index in [1.54, 1.807) is 25.3 Å². The quantitative estimate of drug-likeness (QED) is 0.306. The molecule has 2 aromatic carbocycles. The van der Waals surface area contributed by atoms with Crippen LogP contribution >= 0.6 is 0 Å². The fourth-order valence-electron chi connectivity index (χ4n) is 4.57. The molecule has 1 aromatic heterocycles. The van der Waals surface area contributed by atoms with Crippen molar-refractivity contribution in [3.8, 4) is 22.9 Å². The maximum absolute atomic E-state index is 13.9. The Labute approximate surface area is 247 Å². The molecule has 0 fully saturated rings. The number of aromatic nitrogens is 4. The molecule has 0 spiro atoms. The summed E-state index contributed by atoms with van der Waals surface area (Å²) >= 11 is 0. The third kappa shape index (κ3) is 8.72. The minimum atomic E-state index is -0.983. The summed E-state index contributed by atoms with van der Waals surface area (Å²) in [5, 5.41) is 15.6. The van der Waals surface area contributed by atoms with Crippen LogP contribution in [0.1, 0.15) is 52.6 Å². The van der Waals surface area contributed by atoms with E-state index in [-0.39, 0.29) is 18.4 Å². The van der Waals surface area contributed by atoms with Gasteiger partial charge in [0, 0.05) is 17.6 Å². The molecule has 1 atom stereocenters. The fraction of sp³-hybridized carbons (Fsp3) is 0.500. The molecular formula is C30H42FN7O4. The minimum Gasteiger partial charge on any atom is -0.493 e. The highest BCUT2D eigenvalue weighted by Gasteiger charge is 2.33. The Morgan fingerprint density at radius 2 is 1.67 bits per heavy atom. The van der Waals surface area contributed by atoms with Gasteiger partial charge in [-0.15, -0.1) is 10.2 Å². The molecule has 0 bridgehead atoms. The number of tetrazole rings is 1. The average molecular weight is 584 g/mol. The first-order valence-electron chi connectivity index (χ1n) is 14.1. The minimum absolute atomic E-state index is 0.244. The van der Waals surface area contributed by atoms with Crippen LogP contribution < -0.4 is 14.8 Å². The standard InChI is InChI=1S/C30H42FN7O4/c1-8-36(9-2)17-10-18-37(27(29(40)32-30(3,4)5)21-11-14-23(31)15-12-21)26(39)20-38-34-28(33-35-38)22-13-16-24(41-6)25(19-22)42-7/h11-16,19,27H,8-10,17-18,20H2,1-7H3,(H,32,40)/t27-/m0/s1. The topological polar surface area (TPSA) is 115 Å². The van der Waals surface area contributed by atoms with Gasteiger partial charge in [0.25, 0.3) is 0 Å². The number of benzene rings is 2. The number of hydrogen-bond acceptors (Lipinski definition) is 8. The molecule has 2 amide bonds. The second-order valence-electron chi connectivity index (χ2n) is 10.9. The molecule has 0 unspecified atom stereocenters. The highest BCUT2D eigenvalue weighted by atomic mass is 19.1. The number of methoxy groups -OCH3 is 2. The average Bonchev–Trinajstić information content (AvgIpc) is 3.42. The summed E-state index contributed by atoms with van der Waals surface area (Å²) in [5.41, 5.74) is 0.593. The van der Waals surface area contributed by atoms with Crippen LogP contribution in [0.5, 0.6) is 11.5 Å². The van der Waals surface area contributed by atoms with Crippen molar-refractivity contribution in [2.45, 2.75) is 59.2 Å². The fourth-order valence-corrected chi connectivity index (χ4v) is 4.57. The molecule has 0 aliphatic heterocycles. The first-order chi connectivity index (χ1) is 20.0. The first kappa shape index (κ1) is 32.5. The van der Waals surface area contributed by atoms with E-state index >= 15 is 0 Å². The van der Waals surface area contributed by atoms with Gasteiger partial charge in [-0.2, -0.15) is 4.80 Å². The Kier molecular flexibility index (Phi) is 11.4. The number of nitrogens with zero attached hydrogens (tertiary/aromatic N) is 6. The summed E-state index contributed by atoms with van der Waals surface area (Å²) in [5.74, 6) is 0.213. The molecule has 42 heavy (non-hydrogen) atoms. The lowest BCUT2D eigenvalue weighted by atomic mass is 10.0. The van der Waals surface area contributed by atoms with Gasteiger partial charge in [0.05, 0.1) is 14.2 Å². The third-order valence-corrected chi connectivity index (χ3v) is 6.70. The van der Waals surface area contributed by atoms with Crippen LogP contribution in [0, 0.1) is 5.82 Å². The Morgan fingerprint density at radius 1 is 1.00 bits per heavy atom. The van der Waals surface area contributed by atoms with Gasteiger partial charge in [0.1, 0.15) is 18.4 Å². The van der Waals surface area contributed by atoms with Crippen LogP contribution in [0.3, 0.4) is 0 Å². The Hall–Kier alpha value is -4.06. The molecule has 0 aliphatic rings. The Bertz CT molecular complexity index is 1320. The molecule has 0 saturated heterocycles. The van der Waals surface area contributed by atoms with Crippen molar-refractivity contribution in [1.82, 2.24) is 35.3 Å². The van der Waals surface area contributed by atoms with Crippen LogP contribution in [-0.2, 0) is 16.1 Å². The zero-order chi connectivity index (χ0) is 30.9. The summed E-state index contributed by atoms with van der Waals surface area (Å²) in [6.07, 6.45) is 0.635. The summed E-state index contributed by atoms with van der Waals surface area (Å²) < 4.78 is 24.5. The number of amides is 2. The summed E-state index contributed by atoms with van der Waals surface area (Å²) in [6.45, 7) is 12.3. The van der Waals surface area contributed by atoms with Crippen LogP contribution in [0.4, 0.5) is 4.39 Å². The van der Waals surface area contributed by atoms with Crippen molar-refractivity contribution in [2.75, 3.05) is 40.4 Å². The van der Waals surface area contributed by atoms with E-state index in [0.29, 0.717) is 41.4 Å². The van der Waals surface area contributed by atoms with Gasteiger partial charge in [-0.1, -0.05) is 26.0 Å². The first-order valence-corrected chi connectivity index (χ1v) is 14.1. The maximum atomic E-state index is 13.9. The predicted molar refractivity (Wildman–Crippen MR) is 158 cm³/mol. The molecule has 12 heteroatoms. The largest absolute Gasteiger partial charge is 0.493 e. The number of ether oxygens (including phenoxy) is 2. The smallest absolute Gasteiger partial charge is 0.247 e. The van der Waals surface area contributed by atoms with Crippen LogP contribution in [-0.4, -0.2) is 87.8 Å². The zero-order valence-electron chi connectivity index (χ0n) is 25.6. The molecule has 0 radical (unpaired) electrons. The van der Waals surface area contributed by atoms with Crippen LogP contribution in [0.15, 0.2) is 42.5 Å². The number of carbonyl (C=O) groups excluding carboxylic acids is 2. The summed E-state index contributed by atoms with van der Waals surface area (Å²) in [4.78, 5) is 32.6. The predicted octanol–water partition coefficient (Wildman–Crippen LogP) is 3.71. The molecule has 1 heterocycles. The maximum Gasteiger partial charge on any atom is 0.247 e. The van der Waals surface area contributed by atoms with Gasteiger partial charge in [-0.3, -0.25) is 9.59 Å². The lowest BCUT2D eigenvalue weighted by Gasteiger charge is -2.34. The van der Waals surface area contributed by atoms with Crippen molar-refractivity contribution < 1.29 is 23.5 Å². The van der Waals surface area contributed by atoms with Crippen molar-refractivity contribution in [3.63, 3.8) is 0 Å². The molecule has 0 aliphatic carbocycles. The SMILES string of the molecule is CCN(CC)CCCN(C(=O)Cn1nnc(-c2ccc(OC)c(OC)c2)n1)[C@H](C(=O)NC(C)(C)C)c1ccc(F)cc1. The number of carbonyl (C=O) groups is 2. The Balaban J connectivity index is 1.93. The van der Waals surface area contributed by atoms with E-state index in [9.17, 15) is 14.0 Å². The molecule has 0 saturated carbocycles. The molecule has 3 aromatic rings. The van der Waals surface area contributed by atoms with E-state index in [1.807, 2.05) is 20.8 Å². The number of hydrogen-bond donors (Lipinski definition) is 1. The van der Waals surface area contributed by atoms with Crippen molar-refractivity contribution in [3.05, 3.63) is 53.8 Å². The van der Waals surface area contributed by atoms with Gasteiger partial charge < -0.3 is 24.6 Å². The molecule has 11 nitrogen and oxygen atoms in total. The highest BCUT2D eigenvalue weighted by molar-refractivity contribution is 5.89. The van der Waals surface area contributed by atoms with E-state index < -0.39 is 17.4 Å². The summed E-state index contributed by atoms with van der Waals surface area (Å²) in [7, 11) is 3.08. The molecular weight excluding hydrogens is 541 g/mol. The Morgan fingerprint density at radius 3 is 2.26 bits per heavy atom. The lowest BCUT2D eigenvalue weighted by Crippen LogP contribution is -2.50. The van der Waals surface area contributed by atoms with Gasteiger partial charge >= 0.3 is 0 Å². The normalized spacial score (nSPS) is 12.2. The summed E-state index contributed by atoms with van der Waals surface area (Å²) in [6, 6.07) is 9.90. The molecule has 3 rings (SSSR count). The van der Waals surface area contributed by atoms with Crippen molar-refractivity contribution >= 4 is 11.8 Å². The van der Waals surface area contributed by atoms with E-state index in [4.69, 9.17) is 9.47 Å². The number of halogens is 1. The number of nitrogens with one attached hydrogen (secondary N) is 1. The molecule has 1 N–H and O–H groups in total. The monoisotopic (exact) mass is 583 g/mol. The second-order valence-corrected chi connectivity index (χ2v) is 10.9. The number of rotatable bonds is 14. The lowest BCUT2D eigenvalue weighted by molar-refractivity contribution is -0.142. The van der Waals surface area contributed by atoms with Crippen molar-refractivity contribution in [2.24, 2.45) is 0 Å². The van der Waals surface area contributed by atoms with Gasteiger partial charge in [0.15, 0.2) is 11.5 Å². The van der Waals surface area contributed by atoms with E-state index in [0.717, 1.165) is 19.6 Å². The van der Waals surface area contributed by atoms with E-state index in [2.05, 4.69) is 39.5 Å². The van der Waals surface area contributed by atoms with E-state index in [1.165, 1.54) is 41.1 Å². The van der Waals surface area contributed by atoms with Crippen molar-refractivity contribution in [1.29, 1.82) is 0 Å². The molecule has 228 valence electrons. The zero-order valence-corrected chi connectivity index (χ0v) is 25.6. The van der Waals surface area contributed by atoms with Gasteiger partial charge in [0.2, 0.25) is 17.6 Å². The third-order valence-electron chi connectivity index (χ3n) is 6.70. The van der Waals surface area contributed by atoms with Gasteiger partial charge in [-0.25, -0.2) is 4.39 Å². The van der Waals surface area contributed by atoms with Crippen LogP contribution in [0.2, 0.25) is 0 Å². The van der Waals surface area contributed by atoms with Crippen LogP contribution in [0.25, 0.3) is 11.4 Å². The second kappa shape index (κ2) is 14.7. The highest BCUT2D eigenvalue weighted by Crippen LogP contribution is 2.31.